The van der Waals surface area contributed by atoms with Crippen molar-refractivity contribution in [3.8, 4) is 0 Å². The van der Waals surface area contributed by atoms with Crippen LogP contribution >= 0.6 is 7.92 Å². The van der Waals surface area contributed by atoms with Crippen molar-refractivity contribution < 1.29 is 0 Å². The quantitative estimate of drug-likeness (QED) is 0.119. The molecular weight excluding hydrogens is 573 g/mol. The van der Waals surface area contributed by atoms with Crippen molar-refractivity contribution in [1.29, 1.82) is 0 Å². The predicted octanol–water partition coefficient (Wildman–Crippen LogP) is 6.84. The Morgan fingerprint density at radius 3 is 1.62 bits per heavy atom. The van der Waals surface area contributed by atoms with Gasteiger partial charge in [0.05, 0.1) is 12.1 Å². The molecule has 1 saturated carbocycles. The van der Waals surface area contributed by atoms with Gasteiger partial charge in [0, 0.05) is 6.04 Å². The molecule has 6 rings (SSSR count). The first-order chi connectivity index (χ1) is 21.9. The summed E-state index contributed by atoms with van der Waals surface area (Å²) in [5.74, 6) is 0.373. The van der Waals surface area contributed by atoms with Crippen molar-refractivity contribution in [3.05, 3.63) is 153 Å². The minimum absolute atomic E-state index is 0.0349. The van der Waals surface area contributed by atoms with Crippen molar-refractivity contribution in [2.45, 2.75) is 50.0 Å². The summed E-state index contributed by atoms with van der Waals surface area (Å²) in [6.07, 6.45) is 3.41. The van der Waals surface area contributed by atoms with E-state index in [1.54, 1.807) is 0 Å². The van der Waals surface area contributed by atoms with E-state index in [4.69, 9.17) is 0 Å². The lowest BCUT2D eigenvalue weighted by Crippen LogP contribution is -2.43. The molecule has 1 aliphatic rings. The molecule has 0 radical (unpaired) electrons. The lowest BCUT2D eigenvalue weighted by Gasteiger charge is -2.36. The van der Waals surface area contributed by atoms with E-state index in [9.17, 15) is 9.59 Å². The Kier molecular flexibility index (Phi) is 9.59. The second-order valence-electron chi connectivity index (χ2n) is 12.4. The molecule has 1 aliphatic carbocycles. The maximum Gasteiger partial charge on any atom is 0.253 e. The fourth-order valence-electron chi connectivity index (χ4n) is 7.18. The highest BCUT2D eigenvalue weighted by Gasteiger charge is 2.39. The fraction of sp³-hybridized carbons (Fsp3) is 0.282. The van der Waals surface area contributed by atoms with Crippen LogP contribution in [0.5, 0.6) is 0 Å². The fourth-order valence-corrected chi connectivity index (χ4v) is 10.5. The molecule has 5 aromatic carbocycles. The Hall–Kier alpha value is -4.05. The number of likely N-dealkylation sites (N-methyl/N-ethyl adjacent to an activating group) is 1. The van der Waals surface area contributed by atoms with Crippen molar-refractivity contribution in [3.63, 3.8) is 0 Å². The molecule has 0 spiro atoms. The van der Waals surface area contributed by atoms with Crippen LogP contribution in [-0.4, -0.2) is 30.7 Å². The Labute approximate surface area is 267 Å². The van der Waals surface area contributed by atoms with Gasteiger partial charge in [0.2, 0.25) is 0 Å². The van der Waals surface area contributed by atoms with E-state index in [0.29, 0.717) is 23.0 Å². The predicted molar refractivity (Wildman–Crippen MR) is 190 cm³/mol. The van der Waals surface area contributed by atoms with E-state index in [2.05, 4.69) is 121 Å². The molecular formula is C39H42N3O2P. The summed E-state index contributed by atoms with van der Waals surface area (Å²) < 4.78 is 0. The molecule has 1 fully saturated rings. The standard InChI is InChI=1S/C39H42N3O2P/c1-27(32-25-16-26-33(32)45(30-21-12-6-13-22-30)31-23-14-7-15-24-31)40-35-36(39(44)38(35)43)41-34(28-17-8-4-9-18-28)37(42(2)3)29-19-10-5-11-20-29/h4-15,17-24,27,32-34,37,40-41H,16,25-26H2,1-3H3/t27-,32?,33?,34+,37+/m1/s1. The zero-order valence-electron chi connectivity index (χ0n) is 26.3. The smallest absolute Gasteiger partial charge is 0.253 e. The van der Waals surface area contributed by atoms with E-state index >= 15 is 0 Å². The lowest BCUT2D eigenvalue weighted by atomic mass is 9.91. The van der Waals surface area contributed by atoms with Gasteiger partial charge in [-0.25, -0.2) is 0 Å². The first-order valence-corrected chi connectivity index (χ1v) is 17.4. The summed E-state index contributed by atoms with van der Waals surface area (Å²) in [5, 5.41) is 9.93. The van der Waals surface area contributed by atoms with Gasteiger partial charge >= 0.3 is 0 Å². The topological polar surface area (TPSA) is 61.4 Å². The Morgan fingerprint density at radius 2 is 1.11 bits per heavy atom. The first-order valence-electron chi connectivity index (χ1n) is 16.0. The lowest BCUT2D eigenvalue weighted by molar-refractivity contribution is 0.269. The average molecular weight is 616 g/mol. The zero-order chi connectivity index (χ0) is 31.3. The molecule has 0 aromatic heterocycles. The number of nitrogens with zero attached hydrogens (tertiary/aromatic N) is 1. The third-order valence-corrected chi connectivity index (χ3v) is 12.3. The van der Waals surface area contributed by atoms with Crippen LogP contribution in [0, 0.1) is 5.92 Å². The minimum atomic E-state index is -0.581. The number of rotatable bonds is 12. The zero-order valence-corrected chi connectivity index (χ0v) is 27.2. The maximum atomic E-state index is 13.2. The van der Waals surface area contributed by atoms with Gasteiger partial charge in [-0.15, -0.1) is 0 Å². The molecule has 0 aliphatic heterocycles. The van der Waals surface area contributed by atoms with Gasteiger partial charge in [0.1, 0.15) is 11.4 Å². The molecule has 2 unspecified atom stereocenters. The van der Waals surface area contributed by atoms with Gasteiger partial charge in [-0.1, -0.05) is 128 Å². The number of nitrogens with one attached hydrogen (secondary N) is 2. The van der Waals surface area contributed by atoms with Gasteiger partial charge in [0.25, 0.3) is 10.9 Å². The molecule has 45 heavy (non-hydrogen) atoms. The van der Waals surface area contributed by atoms with Crippen molar-refractivity contribution >= 4 is 29.9 Å². The summed E-state index contributed by atoms with van der Waals surface area (Å²) >= 11 is 0. The molecule has 5 nitrogen and oxygen atoms in total. The summed E-state index contributed by atoms with van der Waals surface area (Å²) in [7, 11) is 3.52. The first kappa shape index (κ1) is 31.0. The molecule has 5 aromatic rings. The summed E-state index contributed by atoms with van der Waals surface area (Å²) in [6, 6.07) is 42.0. The van der Waals surface area contributed by atoms with Gasteiger partial charge in [-0.3, -0.25) is 9.59 Å². The molecule has 0 saturated heterocycles. The third kappa shape index (κ3) is 6.52. The number of anilines is 2. The summed E-state index contributed by atoms with van der Waals surface area (Å²) in [6.45, 7) is 2.19. The van der Waals surface area contributed by atoms with E-state index in [-0.39, 0.29) is 18.1 Å². The Bertz CT molecular complexity index is 1700. The highest BCUT2D eigenvalue weighted by molar-refractivity contribution is 7.73. The normalized spacial score (nSPS) is 18.6. The number of benzene rings is 4. The van der Waals surface area contributed by atoms with Crippen molar-refractivity contribution in [2.24, 2.45) is 5.92 Å². The molecule has 2 N–H and O–H groups in total. The van der Waals surface area contributed by atoms with Crippen LogP contribution in [0.3, 0.4) is 0 Å². The summed E-state index contributed by atoms with van der Waals surface area (Å²) in [5.41, 5.74) is 2.60. The van der Waals surface area contributed by atoms with E-state index < -0.39 is 18.8 Å². The molecule has 0 amide bonds. The molecule has 6 heteroatoms. The van der Waals surface area contributed by atoms with Crippen LogP contribution in [0.4, 0.5) is 11.4 Å². The van der Waals surface area contributed by atoms with Gasteiger partial charge in [0.15, 0.2) is 0 Å². The molecule has 230 valence electrons. The Balaban J connectivity index is 1.30. The molecule has 5 atom stereocenters. The largest absolute Gasteiger partial charge is 0.377 e. The minimum Gasteiger partial charge on any atom is -0.377 e. The highest BCUT2D eigenvalue weighted by Crippen LogP contribution is 2.51. The van der Waals surface area contributed by atoms with Crippen LogP contribution < -0.4 is 32.1 Å². The maximum absolute atomic E-state index is 13.2. The van der Waals surface area contributed by atoms with E-state index in [0.717, 1.165) is 30.4 Å². The van der Waals surface area contributed by atoms with Crippen LogP contribution in [0.1, 0.15) is 49.4 Å². The van der Waals surface area contributed by atoms with Crippen LogP contribution in [0.15, 0.2) is 131 Å². The monoisotopic (exact) mass is 615 g/mol. The van der Waals surface area contributed by atoms with Gasteiger partial charge < -0.3 is 15.5 Å². The van der Waals surface area contributed by atoms with Crippen LogP contribution in [0.25, 0.3) is 0 Å². The highest BCUT2D eigenvalue weighted by atomic mass is 31.1. The third-order valence-electron chi connectivity index (χ3n) is 9.33. The van der Waals surface area contributed by atoms with Crippen molar-refractivity contribution in [2.75, 3.05) is 24.7 Å². The average Bonchev–Trinajstić information content (AvgIpc) is 3.57. The Morgan fingerprint density at radius 1 is 0.644 bits per heavy atom. The second kappa shape index (κ2) is 13.9. The summed E-state index contributed by atoms with van der Waals surface area (Å²) in [4.78, 5) is 28.5. The van der Waals surface area contributed by atoms with Gasteiger partial charge in [-0.2, -0.15) is 0 Å². The van der Waals surface area contributed by atoms with Gasteiger partial charge in [-0.05, 0) is 75.1 Å². The molecule has 0 bridgehead atoms. The second-order valence-corrected chi connectivity index (χ2v) is 14.8. The molecule has 0 heterocycles. The van der Waals surface area contributed by atoms with Crippen LogP contribution in [0.2, 0.25) is 0 Å². The van der Waals surface area contributed by atoms with E-state index in [1.807, 2.05) is 36.4 Å². The van der Waals surface area contributed by atoms with Crippen molar-refractivity contribution in [1.82, 2.24) is 4.90 Å². The van der Waals surface area contributed by atoms with E-state index in [1.165, 1.54) is 10.6 Å². The number of hydrogen-bond donors (Lipinski definition) is 2. The number of hydrogen-bond acceptors (Lipinski definition) is 5. The van der Waals surface area contributed by atoms with Crippen LogP contribution in [-0.2, 0) is 0 Å². The SMILES string of the molecule is C[C@@H](Nc1c(N[C@@H](c2ccccc2)[C@H](c2ccccc2)N(C)C)c(=O)c1=O)C1CCCC1P(c1ccccc1)c1ccccc1.